The Morgan fingerprint density at radius 2 is 2.16 bits per heavy atom. The van der Waals surface area contributed by atoms with Crippen molar-refractivity contribution in [3.05, 3.63) is 21.9 Å². The molecule has 3 rings (SSSR count). The summed E-state index contributed by atoms with van der Waals surface area (Å²) in [6.45, 7) is 0.719. The molecule has 2 saturated carbocycles. The van der Waals surface area contributed by atoms with Crippen LogP contribution >= 0.6 is 23.2 Å². The first-order valence-electron chi connectivity index (χ1n) is 6.60. The Bertz CT molecular complexity index is 509. The minimum absolute atomic E-state index is 0.0924. The average Bonchev–Trinajstić information content (AvgIpc) is 3.01. The number of carbonyl (C=O) groups is 1. The monoisotopic (exact) mass is 299 g/mol. The average molecular weight is 300 g/mol. The molecule has 2 fully saturated rings. The zero-order chi connectivity index (χ0) is 13.4. The van der Waals surface area contributed by atoms with Crippen LogP contribution in [0.25, 0.3) is 0 Å². The Kier molecular flexibility index (Phi) is 3.63. The SMILES string of the molecule is O=C(NCC1CC2CCC1C2)c1cc(Cl)nnc1Cl. The van der Waals surface area contributed by atoms with E-state index in [0.29, 0.717) is 11.5 Å². The highest BCUT2D eigenvalue weighted by Gasteiger charge is 2.39. The Morgan fingerprint density at radius 1 is 1.32 bits per heavy atom. The molecule has 3 atom stereocenters. The molecule has 2 aliphatic carbocycles. The number of rotatable bonds is 3. The number of fused-ring (bicyclic) bond motifs is 2. The number of nitrogens with one attached hydrogen (secondary N) is 1. The third-order valence-electron chi connectivity index (χ3n) is 4.37. The van der Waals surface area contributed by atoms with E-state index < -0.39 is 0 Å². The van der Waals surface area contributed by atoms with Gasteiger partial charge in [-0.05, 0) is 43.1 Å². The van der Waals surface area contributed by atoms with Crippen molar-refractivity contribution in [1.29, 1.82) is 0 Å². The van der Waals surface area contributed by atoms with Gasteiger partial charge in [-0.3, -0.25) is 4.79 Å². The molecular formula is C13H15Cl2N3O. The molecule has 3 unspecified atom stereocenters. The molecule has 19 heavy (non-hydrogen) atoms. The third kappa shape index (κ3) is 2.70. The van der Waals surface area contributed by atoms with Gasteiger partial charge in [-0.25, -0.2) is 0 Å². The van der Waals surface area contributed by atoms with E-state index in [1.807, 2.05) is 0 Å². The van der Waals surface area contributed by atoms with Crippen LogP contribution in [0.3, 0.4) is 0 Å². The van der Waals surface area contributed by atoms with Crippen molar-refractivity contribution in [2.45, 2.75) is 25.7 Å². The molecule has 6 heteroatoms. The number of hydrogen-bond acceptors (Lipinski definition) is 3. The molecule has 2 aliphatic rings. The lowest BCUT2D eigenvalue weighted by molar-refractivity contribution is 0.0941. The number of amides is 1. The highest BCUT2D eigenvalue weighted by molar-refractivity contribution is 6.34. The third-order valence-corrected chi connectivity index (χ3v) is 4.84. The first kappa shape index (κ1) is 13.1. The first-order valence-corrected chi connectivity index (χ1v) is 7.36. The number of carbonyl (C=O) groups excluding carboxylic acids is 1. The predicted octanol–water partition coefficient (Wildman–Crippen LogP) is 2.95. The summed E-state index contributed by atoms with van der Waals surface area (Å²) < 4.78 is 0. The molecule has 1 heterocycles. The second-order valence-corrected chi connectivity index (χ2v) is 6.26. The summed E-state index contributed by atoms with van der Waals surface area (Å²) >= 11 is 11.6. The van der Waals surface area contributed by atoms with Gasteiger partial charge in [-0.2, -0.15) is 0 Å². The van der Waals surface area contributed by atoms with E-state index in [9.17, 15) is 4.79 Å². The molecule has 102 valence electrons. The topological polar surface area (TPSA) is 54.9 Å². The molecule has 0 aliphatic heterocycles. The van der Waals surface area contributed by atoms with Gasteiger partial charge in [0.05, 0.1) is 5.56 Å². The summed E-state index contributed by atoms with van der Waals surface area (Å²) in [4.78, 5) is 12.1. The molecule has 1 amide bonds. The Morgan fingerprint density at radius 3 is 2.84 bits per heavy atom. The van der Waals surface area contributed by atoms with E-state index in [2.05, 4.69) is 15.5 Å². The molecule has 4 nitrogen and oxygen atoms in total. The quantitative estimate of drug-likeness (QED) is 0.933. The Balaban J connectivity index is 1.61. The molecule has 0 radical (unpaired) electrons. The second kappa shape index (κ2) is 5.25. The van der Waals surface area contributed by atoms with Gasteiger partial charge in [0, 0.05) is 6.54 Å². The van der Waals surface area contributed by atoms with E-state index in [1.54, 1.807) is 0 Å². The molecule has 1 aromatic heterocycles. The molecule has 0 spiro atoms. The van der Waals surface area contributed by atoms with Crippen molar-refractivity contribution < 1.29 is 4.79 Å². The van der Waals surface area contributed by atoms with Crippen molar-refractivity contribution >= 4 is 29.1 Å². The van der Waals surface area contributed by atoms with Crippen molar-refractivity contribution in [3.63, 3.8) is 0 Å². The van der Waals surface area contributed by atoms with Crippen LogP contribution in [0.2, 0.25) is 10.3 Å². The van der Waals surface area contributed by atoms with Crippen molar-refractivity contribution in [3.8, 4) is 0 Å². The smallest absolute Gasteiger partial charge is 0.254 e. The number of halogens is 2. The van der Waals surface area contributed by atoms with Crippen LogP contribution in [0, 0.1) is 17.8 Å². The fraction of sp³-hybridized carbons (Fsp3) is 0.615. The van der Waals surface area contributed by atoms with Crippen LogP contribution in [-0.2, 0) is 0 Å². The van der Waals surface area contributed by atoms with E-state index in [4.69, 9.17) is 23.2 Å². The van der Waals surface area contributed by atoms with E-state index in [1.165, 1.54) is 31.7 Å². The summed E-state index contributed by atoms with van der Waals surface area (Å²) in [5.41, 5.74) is 0.296. The fourth-order valence-corrected chi connectivity index (χ4v) is 3.78. The van der Waals surface area contributed by atoms with Crippen molar-refractivity contribution in [1.82, 2.24) is 15.5 Å². The molecule has 2 bridgehead atoms. The molecular weight excluding hydrogens is 285 g/mol. The van der Waals surface area contributed by atoms with Gasteiger partial charge in [-0.1, -0.05) is 29.6 Å². The maximum absolute atomic E-state index is 12.1. The number of nitrogens with zero attached hydrogens (tertiary/aromatic N) is 2. The normalized spacial score (nSPS) is 28.6. The van der Waals surface area contributed by atoms with Gasteiger partial charge in [0.15, 0.2) is 10.3 Å². The first-order chi connectivity index (χ1) is 9.13. The van der Waals surface area contributed by atoms with Crippen molar-refractivity contribution in [2.24, 2.45) is 17.8 Å². The van der Waals surface area contributed by atoms with Crippen molar-refractivity contribution in [2.75, 3.05) is 6.54 Å². The molecule has 0 aromatic carbocycles. The second-order valence-electron chi connectivity index (χ2n) is 5.52. The zero-order valence-corrected chi connectivity index (χ0v) is 11.9. The maximum atomic E-state index is 12.1. The summed E-state index contributed by atoms with van der Waals surface area (Å²) in [5.74, 6) is 2.07. The Hall–Kier alpha value is -0.870. The van der Waals surface area contributed by atoms with E-state index in [-0.39, 0.29) is 16.2 Å². The standard InChI is InChI=1S/C13H15Cl2N3O/c14-11-5-10(12(15)18-17-11)13(19)16-6-9-4-7-1-2-8(9)3-7/h5,7-9H,1-4,6H2,(H,16,19). The lowest BCUT2D eigenvalue weighted by Crippen LogP contribution is -2.31. The lowest BCUT2D eigenvalue weighted by Gasteiger charge is -2.21. The molecule has 0 saturated heterocycles. The summed E-state index contributed by atoms with van der Waals surface area (Å²) in [6.07, 6.45) is 5.26. The summed E-state index contributed by atoms with van der Waals surface area (Å²) in [6, 6.07) is 1.45. The Labute approximate surface area is 121 Å². The van der Waals surface area contributed by atoms with Crippen LogP contribution in [0.4, 0.5) is 0 Å². The maximum Gasteiger partial charge on any atom is 0.254 e. The fourth-order valence-electron chi connectivity index (χ4n) is 3.46. The summed E-state index contributed by atoms with van der Waals surface area (Å²) in [5, 5.41) is 10.4. The predicted molar refractivity (Wildman–Crippen MR) is 73.3 cm³/mol. The lowest BCUT2D eigenvalue weighted by atomic mass is 9.89. The van der Waals surface area contributed by atoms with Gasteiger partial charge in [0.25, 0.3) is 5.91 Å². The van der Waals surface area contributed by atoms with Gasteiger partial charge in [0.2, 0.25) is 0 Å². The van der Waals surface area contributed by atoms with Crippen LogP contribution in [0.15, 0.2) is 6.07 Å². The molecule has 1 aromatic rings. The minimum Gasteiger partial charge on any atom is -0.352 e. The molecule has 1 N–H and O–H groups in total. The van der Waals surface area contributed by atoms with Crippen LogP contribution in [0.1, 0.15) is 36.0 Å². The van der Waals surface area contributed by atoms with Gasteiger partial charge in [0.1, 0.15) is 0 Å². The van der Waals surface area contributed by atoms with Crippen LogP contribution in [0.5, 0.6) is 0 Å². The van der Waals surface area contributed by atoms with Gasteiger partial charge < -0.3 is 5.32 Å². The minimum atomic E-state index is -0.218. The number of hydrogen-bond donors (Lipinski definition) is 1. The van der Waals surface area contributed by atoms with E-state index in [0.717, 1.165) is 18.4 Å². The zero-order valence-electron chi connectivity index (χ0n) is 10.4. The summed E-state index contributed by atoms with van der Waals surface area (Å²) in [7, 11) is 0. The van der Waals surface area contributed by atoms with Gasteiger partial charge in [-0.15, -0.1) is 10.2 Å². The van der Waals surface area contributed by atoms with Gasteiger partial charge >= 0.3 is 0 Å². The largest absolute Gasteiger partial charge is 0.352 e. The highest BCUT2D eigenvalue weighted by atomic mass is 35.5. The number of aromatic nitrogens is 2. The van der Waals surface area contributed by atoms with Crippen LogP contribution < -0.4 is 5.32 Å². The van der Waals surface area contributed by atoms with Crippen LogP contribution in [-0.4, -0.2) is 22.6 Å². The van der Waals surface area contributed by atoms with E-state index >= 15 is 0 Å². The highest BCUT2D eigenvalue weighted by Crippen LogP contribution is 2.47.